The molecule has 118 valence electrons. The monoisotopic (exact) mass is 319 g/mol. The molecular weight excluding hydrogens is 298 g/mol. The molecule has 2 aromatic heterocycles. The van der Waals surface area contributed by atoms with Crippen molar-refractivity contribution in [2.45, 2.75) is 50.6 Å². The van der Waals surface area contributed by atoms with E-state index in [0.717, 1.165) is 31.4 Å². The van der Waals surface area contributed by atoms with E-state index in [1.165, 1.54) is 11.3 Å². The van der Waals surface area contributed by atoms with Crippen LogP contribution in [0.5, 0.6) is 0 Å². The van der Waals surface area contributed by atoms with Crippen LogP contribution in [0.2, 0.25) is 0 Å². The van der Waals surface area contributed by atoms with Crippen molar-refractivity contribution < 1.29 is 4.79 Å². The number of carbonyl (C=O) groups excluding carboxylic acids is 1. The molecule has 3 N–H and O–H groups in total. The van der Waals surface area contributed by atoms with Gasteiger partial charge in [0.25, 0.3) is 0 Å². The van der Waals surface area contributed by atoms with E-state index in [2.05, 4.69) is 15.4 Å². The number of nitrogens with zero attached hydrogens (tertiary/aromatic N) is 3. The fourth-order valence-corrected chi connectivity index (χ4v) is 3.56. The molecule has 2 heterocycles. The van der Waals surface area contributed by atoms with Crippen LogP contribution < -0.4 is 11.1 Å². The molecule has 0 aromatic carbocycles. The lowest BCUT2D eigenvalue weighted by molar-refractivity contribution is -0.122. The number of anilines is 1. The van der Waals surface area contributed by atoms with Gasteiger partial charge in [-0.05, 0) is 38.2 Å². The van der Waals surface area contributed by atoms with Crippen molar-refractivity contribution in [2.24, 2.45) is 0 Å². The highest BCUT2D eigenvalue weighted by molar-refractivity contribution is 7.13. The second-order valence-electron chi connectivity index (χ2n) is 5.74. The SMILES string of the molecule is Nc1nc(CCC(=O)NC2CCC(n3cccn3)CC2)cs1. The third kappa shape index (κ3) is 3.85. The first-order valence-electron chi connectivity index (χ1n) is 7.69. The summed E-state index contributed by atoms with van der Waals surface area (Å²) in [5, 5.41) is 9.92. The van der Waals surface area contributed by atoms with Crippen LogP contribution in [0.4, 0.5) is 5.13 Å². The van der Waals surface area contributed by atoms with Crippen molar-refractivity contribution in [3.05, 3.63) is 29.5 Å². The molecule has 0 atom stereocenters. The zero-order chi connectivity index (χ0) is 15.4. The van der Waals surface area contributed by atoms with Gasteiger partial charge in [0.05, 0.1) is 11.7 Å². The number of rotatable bonds is 5. The maximum atomic E-state index is 12.0. The van der Waals surface area contributed by atoms with E-state index in [4.69, 9.17) is 5.73 Å². The van der Waals surface area contributed by atoms with Gasteiger partial charge in [-0.15, -0.1) is 11.3 Å². The lowest BCUT2D eigenvalue weighted by Crippen LogP contribution is -2.38. The molecule has 0 bridgehead atoms. The van der Waals surface area contributed by atoms with E-state index < -0.39 is 0 Å². The molecule has 2 aromatic rings. The second-order valence-corrected chi connectivity index (χ2v) is 6.63. The standard InChI is InChI=1S/C15H21N5OS/c16-15-19-12(10-22-15)4-7-14(21)18-11-2-5-13(6-3-11)20-9-1-8-17-20/h1,8-11,13H,2-7H2,(H2,16,19)(H,18,21). The summed E-state index contributed by atoms with van der Waals surface area (Å²) in [5.41, 5.74) is 6.49. The Balaban J connectivity index is 1.39. The highest BCUT2D eigenvalue weighted by atomic mass is 32.1. The fraction of sp³-hybridized carbons (Fsp3) is 0.533. The molecule has 7 heteroatoms. The van der Waals surface area contributed by atoms with Crippen molar-refractivity contribution >= 4 is 22.4 Å². The van der Waals surface area contributed by atoms with Gasteiger partial charge in [0, 0.05) is 30.2 Å². The van der Waals surface area contributed by atoms with Crippen molar-refractivity contribution in [1.82, 2.24) is 20.1 Å². The molecule has 0 saturated heterocycles. The van der Waals surface area contributed by atoms with Gasteiger partial charge in [0.1, 0.15) is 0 Å². The van der Waals surface area contributed by atoms with Crippen LogP contribution in [0.3, 0.4) is 0 Å². The number of nitrogens with one attached hydrogen (secondary N) is 1. The normalized spacial score (nSPS) is 21.6. The maximum absolute atomic E-state index is 12.0. The predicted molar refractivity (Wildman–Crippen MR) is 86.5 cm³/mol. The van der Waals surface area contributed by atoms with Crippen LogP contribution in [0, 0.1) is 0 Å². The van der Waals surface area contributed by atoms with E-state index >= 15 is 0 Å². The molecule has 0 radical (unpaired) electrons. The van der Waals surface area contributed by atoms with Crippen LogP contribution >= 0.6 is 11.3 Å². The van der Waals surface area contributed by atoms with Crippen LogP contribution in [-0.2, 0) is 11.2 Å². The largest absolute Gasteiger partial charge is 0.375 e. The van der Waals surface area contributed by atoms with Gasteiger partial charge in [0.2, 0.25) is 5.91 Å². The summed E-state index contributed by atoms with van der Waals surface area (Å²) in [4.78, 5) is 16.2. The minimum Gasteiger partial charge on any atom is -0.375 e. The number of hydrogen-bond acceptors (Lipinski definition) is 5. The Morgan fingerprint density at radius 2 is 2.23 bits per heavy atom. The number of aryl methyl sites for hydroxylation is 1. The summed E-state index contributed by atoms with van der Waals surface area (Å²) >= 11 is 1.42. The maximum Gasteiger partial charge on any atom is 0.220 e. The van der Waals surface area contributed by atoms with Gasteiger partial charge >= 0.3 is 0 Å². The first-order valence-corrected chi connectivity index (χ1v) is 8.57. The first kappa shape index (κ1) is 15.0. The quantitative estimate of drug-likeness (QED) is 0.884. The van der Waals surface area contributed by atoms with Gasteiger partial charge in [-0.25, -0.2) is 4.98 Å². The summed E-state index contributed by atoms with van der Waals surface area (Å²) < 4.78 is 2.03. The van der Waals surface area contributed by atoms with Crippen molar-refractivity contribution in [2.75, 3.05) is 5.73 Å². The van der Waals surface area contributed by atoms with Gasteiger partial charge in [0.15, 0.2) is 5.13 Å². The third-order valence-corrected chi connectivity index (χ3v) is 4.86. The lowest BCUT2D eigenvalue weighted by Gasteiger charge is -2.29. The smallest absolute Gasteiger partial charge is 0.220 e. The molecule has 1 aliphatic rings. The summed E-state index contributed by atoms with van der Waals surface area (Å²) in [5.74, 6) is 0.106. The molecule has 22 heavy (non-hydrogen) atoms. The number of hydrogen-bond donors (Lipinski definition) is 2. The summed E-state index contributed by atoms with van der Waals surface area (Å²) in [7, 11) is 0. The molecule has 6 nitrogen and oxygen atoms in total. The predicted octanol–water partition coefficient (Wildman–Crippen LogP) is 2.15. The first-order chi connectivity index (χ1) is 10.7. The van der Waals surface area contributed by atoms with E-state index in [9.17, 15) is 4.79 Å². The molecule has 1 saturated carbocycles. The molecule has 1 aliphatic carbocycles. The Hall–Kier alpha value is -1.89. The Morgan fingerprint density at radius 1 is 1.41 bits per heavy atom. The third-order valence-electron chi connectivity index (χ3n) is 4.14. The average molecular weight is 319 g/mol. The Labute approximate surface area is 133 Å². The fourth-order valence-electron chi connectivity index (χ4n) is 2.96. The molecule has 1 amide bonds. The molecule has 1 fully saturated rings. The summed E-state index contributed by atoms with van der Waals surface area (Å²) in [6.07, 6.45) is 9.12. The van der Waals surface area contributed by atoms with E-state index in [1.807, 2.05) is 28.5 Å². The zero-order valence-corrected chi connectivity index (χ0v) is 13.3. The topological polar surface area (TPSA) is 85.8 Å². The van der Waals surface area contributed by atoms with E-state index in [1.54, 1.807) is 0 Å². The Kier molecular flexibility index (Phi) is 4.72. The highest BCUT2D eigenvalue weighted by Crippen LogP contribution is 2.27. The minimum atomic E-state index is 0.106. The van der Waals surface area contributed by atoms with Crippen LogP contribution in [-0.4, -0.2) is 26.7 Å². The van der Waals surface area contributed by atoms with Crippen molar-refractivity contribution in [3.8, 4) is 0 Å². The number of thiazole rings is 1. The van der Waals surface area contributed by atoms with Crippen LogP contribution in [0.15, 0.2) is 23.8 Å². The highest BCUT2D eigenvalue weighted by Gasteiger charge is 2.23. The van der Waals surface area contributed by atoms with Gasteiger partial charge in [-0.2, -0.15) is 5.10 Å². The molecule has 3 rings (SSSR count). The average Bonchev–Trinajstić information content (AvgIpc) is 3.17. The number of nitrogen functional groups attached to an aromatic ring is 1. The zero-order valence-electron chi connectivity index (χ0n) is 12.4. The number of amides is 1. The lowest BCUT2D eigenvalue weighted by atomic mass is 9.91. The number of nitrogens with two attached hydrogens (primary N) is 1. The second kappa shape index (κ2) is 6.91. The summed E-state index contributed by atoms with van der Waals surface area (Å²) in [6.45, 7) is 0. The summed E-state index contributed by atoms with van der Waals surface area (Å²) in [6, 6.07) is 2.72. The molecule has 0 unspecified atom stereocenters. The van der Waals surface area contributed by atoms with Gasteiger partial charge < -0.3 is 11.1 Å². The van der Waals surface area contributed by atoms with Gasteiger partial charge in [-0.3, -0.25) is 9.48 Å². The molecular formula is C15H21N5OS. The Morgan fingerprint density at radius 3 is 2.86 bits per heavy atom. The molecule has 0 spiro atoms. The van der Waals surface area contributed by atoms with Crippen LogP contribution in [0.25, 0.3) is 0 Å². The number of aromatic nitrogens is 3. The Bertz CT molecular complexity index is 601. The van der Waals surface area contributed by atoms with E-state index in [-0.39, 0.29) is 5.91 Å². The number of carbonyl (C=O) groups is 1. The minimum absolute atomic E-state index is 0.106. The van der Waals surface area contributed by atoms with Gasteiger partial charge in [-0.1, -0.05) is 0 Å². The van der Waals surface area contributed by atoms with Crippen molar-refractivity contribution in [1.29, 1.82) is 0 Å². The van der Waals surface area contributed by atoms with E-state index in [0.29, 0.717) is 30.1 Å². The molecule has 0 aliphatic heterocycles. The van der Waals surface area contributed by atoms with Crippen molar-refractivity contribution in [3.63, 3.8) is 0 Å². The van der Waals surface area contributed by atoms with Crippen LogP contribution in [0.1, 0.15) is 43.8 Å².